The van der Waals surface area contributed by atoms with E-state index in [0.717, 1.165) is 35.9 Å². The lowest BCUT2D eigenvalue weighted by molar-refractivity contribution is 0.714. The number of nitrogens with zero attached hydrogens (tertiary/aromatic N) is 4. The quantitative estimate of drug-likeness (QED) is 0.756. The van der Waals surface area contributed by atoms with Gasteiger partial charge in [0.15, 0.2) is 0 Å². The van der Waals surface area contributed by atoms with Gasteiger partial charge in [0.05, 0.1) is 5.69 Å². The maximum absolute atomic E-state index is 5.68. The van der Waals surface area contributed by atoms with Crippen molar-refractivity contribution in [2.24, 2.45) is 0 Å². The van der Waals surface area contributed by atoms with Crippen LogP contribution in [-0.2, 0) is 13.0 Å². The first-order valence-electron chi connectivity index (χ1n) is 6.77. The van der Waals surface area contributed by atoms with Crippen molar-refractivity contribution in [1.29, 1.82) is 0 Å². The lowest BCUT2D eigenvalue weighted by Gasteiger charge is -2.26. The second-order valence-corrected chi connectivity index (χ2v) is 5.98. The Balaban J connectivity index is 1.70. The lowest BCUT2D eigenvalue weighted by Crippen LogP contribution is -2.30. The molecular formula is C14H14N6S. The van der Waals surface area contributed by atoms with Gasteiger partial charge in [-0.3, -0.25) is 5.10 Å². The van der Waals surface area contributed by atoms with E-state index in [-0.39, 0.29) is 0 Å². The molecular weight excluding hydrogens is 284 g/mol. The zero-order chi connectivity index (χ0) is 14.2. The molecule has 6 nitrogen and oxygen atoms in total. The summed E-state index contributed by atoms with van der Waals surface area (Å²) < 4.78 is 0. The van der Waals surface area contributed by atoms with E-state index >= 15 is 0 Å². The highest BCUT2D eigenvalue weighted by Crippen LogP contribution is 2.31. The SMILES string of the molecule is Nc1nnc(N2CCc3[nH]nc(-c4ccccc4)c3C2)s1. The van der Waals surface area contributed by atoms with Gasteiger partial charge in [0.25, 0.3) is 0 Å². The maximum Gasteiger partial charge on any atom is 0.210 e. The minimum atomic E-state index is 0.506. The Bertz CT molecular complexity index is 763. The smallest absolute Gasteiger partial charge is 0.210 e. The van der Waals surface area contributed by atoms with Crippen LogP contribution >= 0.6 is 11.3 Å². The molecule has 3 aromatic rings. The number of aromatic nitrogens is 4. The van der Waals surface area contributed by atoms with Gasteiger partial charge in [0.2, 0.25) is 10.3 Å². The molecule has 3 N–H and O–H groups in total. The van der Waals surface area contributed by atoms with Gasteiger partial charge in [-0.25, -0.2) is 0 Å². The van der Waals surface area contributed by atoms with E-state index in [1.54, 1.807) is 0 Å². The molecule has 3 heterocycles. The Morgan fingerprint density at radius 2 is 2.05 bits per heavy atom. The normalized spacial score (nSPS) is 14.2. The molecule has 0 aliphatic carbocycles. The Hall–Kier alpha value is -2.41. The van der Waals surface area contributed by atoms with Gasteiger partial charge in [-0.1, -0.05) is 41.7 Å². The summed E-state index contributed by atoms with van der Waals surface area (Å²) in [4.78, 5) is 2.21. The molecule has 106 valence electrons. The summed E-state index contributed by atoms with van der Waals surface area (Å²) in [6.45, 7) is 1.68. The molecule has 0 unspecified atom stereocenters. The number of hydrogen-bond acceptors (Lipinski definition) is 6. The summed E-state index contributed by atoms with van der Waals surface area (Å²) in [7, 11) is 0. The van der Waals surface area contributed by atoms with Crippen LogP contribution in [0.15, 0.2) is 30.3 Å². The first-order chi connectivity index (χ1) is 10.3. The van der Waals surface area contributed by atoms with E-state index in [9.17, 15) is 0 Å². The summed E-state index contributed by atoms with van der Waals surface area (Å²) in [5.41, 5.74) is 10.3. The molecule has 21 heavy (non-hydrogen) atoms. The van der Waals surface area contributed by atoms with E-state index in [1.807, 2.05) is 18.2 Å². The van der Waals surface area contributed by atoms with Crippen molar-refractivity contribution < 1.29 is 0 Å². The minimum absolute atomic E-state index is 0.506. The third-order valence-electron chi connectivity index (χ3n) is 3.68. The van der Waals surface area contributed by atoms with Gasteiger partial charge in [-0.05, 0) is 0 Å². The predicted octanol–water partition coefficient (Wildman–Crippen LogP) is 2.07. The number of nitrogens with one attached hydrogen (secondary N) is 1. The van der Waals surface area contributed by atoms with Crippen LogP contribution in [0.4, 0.5) is 10.3 Å². The van der Waals surface area contributed by atoms with Crippen LogP contribution in [-0.4, -0.2) is 26.9 Å². The highest BCUT2D eigenvalue weighted by atomic mass is 32.1. The fourth-order valence-electron chi connectivity index (χ4n) is 2.65. The molecule has 0 radical (unpaired) electrons. The Labute approximate surface area is 125 Å². The molecule has 2 aromatic heterocycles. The standard InChI is InChI=1S/C14H14N6S/c15-13-18-19-14(21-13)20-7-6-11-10(8-20)12(17-16-11)9-4-2-1-3-5-9/h1-5H,6-8H2,(H2,15,18)(H,16,17). The number of anilines is 2. The lowest BCUT2D eigenvalue weighted by atomic mass is 10.0. The van der Waals surface area contributed by atoms with Crippen LogP contribution in [0.3, 0.4) is 0 Å². The third kappa shape index (κ3) is 2.15. The van der Waals surface area contributed by atoms with Gasteiger partial charge in [0, 0.05) is 36.3 Å². The predicted molar refractivity (Wildman–Crippen MR) is 83.1 cm³/mol. The summed E-state index contributed by atoms with van der Waals surface area (Å²) in [5, 5.41) is 17.1. The van der Waals surface area contributed by atoms with Crippen LogP contribution in [0.2, 0.25) is 0 Å². The van der Waals surface area contributed by atoms with Gasteiger partial charge >= 0.3 is 0 Å². The Morgan fingerprint density at radius 1 is 1.19 bits per heavy atom. The van der Waals surface area contributed by atoms with Crippen molar-refractivity contribution in [2.45, 2.75) is 13.0 Å². The molecule has 1 aliphatic rings. The first-order valence-corrected chi connectivity index (χ1v) is 7.58. The summed E-state index contributed by atoms with van der Waals surface area (Å²) in [5.74, 6) is 0. The van der Waals surface area contributed by atoms with Gasteiger partial charge < -0.3 is 10.6 Å². The van der Waals surface area contributed by atoms with E-state index in [1.165, 1.54) is 22.6 Å². The Morgan fingerprint density at radius 3 is 2.81 bits per heavy atom. The largest absolute Gasteiger partial charge is 0.374 e. The molecule has 0 saturated carbocycles. The van der Waals surface area contributed by atoms with Crippen molar-refractivity contribution in [3.63, 3.8) is 0 Å². The molecule has 0 atom stereocenters. The van der Waals surface area contributed by atoms with Gasteiger partial charge in [0.1, 0.15) is 0 Å². The molecule has 1 aromatic carbocycles. The zero-order valence-electron chi connectivity index (χ0n) is 11.3. The monoisotopic (exact) mass is 298 g/mol. The molecule has 4 rings (SSSR count). The average Bonchev–Trinajstić information content (AvgIpc) is 3.13. The van der Waals surface area contributed by atoms with Crippen LogP contribution in [0.25, 0.3) is 11.3 Å². The molecule has 1 aliphatic heterocycles. The number of nitrogen functional groups attached to an aromatic ring is 1. The number of benzene rings is 1. The van der Waals surface area contributed by atoms with E-state index in [2.05, 4.69) is 37.4 Å². The van der Waals surface area contributed by atoms with E-state index in [4.69, 9.17) is 5.73 Å². The number of rotatable bonds is 2. The second-order valence-electron chi connectivity index (χ2n) is 4.99. The van der Waals surface area contributed by atoms with Crippen LogP contribution in [0.5, 0.6) is 0 Å². The van der Waals surface area contributed by atoms with E-state index in [0.29, 0.717) is 5.13 Å². The minimum Gasteiger partial charge on any atom is -0.374 e. The zero-order valence-corrected chi connectivity index (χ0v) is 12.1. The molecule has 0 saturated heterocycles. The molecule has 0 fully saturated rings. The molecule has 0 bridgehead atoms. The number of hydrogen-bond donors (Lipinski definition) is 2. The van der Waals surface area contributed by atoms with Crippen molar-refractivity contribution >= 4 is 21.6 Å². The van der Waals surface area contributed by atoms with Crippen molar-refractivity contribution in [2.75, 3.05) is 17.2 Å². The summed E-state index contributed by atoms with van der Waals surface area (Å²) >= 11 is 1.42. The number of H-pyrrole nitrogens is 1. The van der Waals surface area contributed by atoms with Gasteiger partial charge in [-0.2, -0.15) is 5.10 Å². The van der Waals surface area contributed by atoms with Crippen LogP contribution in [0, 0.1) is 0 Å². The van der Waals surface area contributed by atoms with Crippen molar-refractivity contribution in [3.05, 3.63) is 41.6 Å². The summed E-state index contributed by atoms with van der Waals surface area (Å²) in [6.07, 6.45) is 0.925. The topological polar surface area (TPSA) is 83.7 Å². The Kier molecular flexibility index (Phi) is 2.85. The highest BCUT2D eigenvalue weighted by molar-refractivity contribution is 7.18. The maximum atomic E-state index is 5.68. The molecule has 7 heteroatoms. The number of aromatic amines is 1. The fourth-order valence-corrected chi connectivity index (χ4v) is 3.28. The number of nitrogens with two attached hydrogens (primary N) is 1. The van der Waals surface area contributed by atoms with Crippen molar-refractivity contribution in [1.82, 2.24) is 20.4 Å². The third-order valence-corrected chi connectivity index (χ3v) is 4.49. The van der Waals surface area contributed by atoms with Crippen LogP contribution < -0.4 is 10.6 Å². The van der Waals surface area contributed by atoms with E-state index < -0.39 is 0 Å². The first kappa shape index (κ1) is 12.3. The highest BCUT2D eigenvalue weighted by Gasteiger charge is 2.24. The average molecular weight is 298 g/mol. The van der Waals surface area contributed by atoms with Crippen LogP contribution in [0.1, 0.15) is 11.3 Å². The second kappa shape index (κ2) is 4.85. The van der Waals surface area contributed by atoms with Crippen molar-refractivity contribution in [3.8, 4) is 11.3 Å². The van der Waals surface area contributed by atoms with Gasteiger partial charge in [-0.15, -0.1) is 10.2 Å². The summed E-state index contributed by atoms with van der Waals surface area (Å²) in [6, 6.07) is 10.2. The number of fused-ring (bicyclic) bond motifs is 1. The molecule has 0 spiro atoms. The fraction of sp³-hybridized carbons (Fsp3) is 0.214. The molecule has 0 amide bonds.